The predicted octanol–water partition coefficient (Wildman–Crippen LogP) is 5.57. The standard InChI is InChI=1S/C26H19Cl2N3O3/c1-15-6-4-7-16(12-15)24(32)31-22-14-20(28)19(27)13-21(22)29-23(31)10-5-11-30-25(33)17-8-2-3-9-18(17)26(30)34/h2-4,6-9,12-14H,5,10-11H2,1H3. The first kappa shape index (κ1) is 22.3. The first-order valence-corrected chi connectivity index (χ1v) is 11.5. The molecule has 8 heteroatoms. The van der Waals surface area contributed by atoms with Crippen molar-refractivity contribution < 1.29 is 14.4 Å². The van der Waals surface area contributed by atoms with Crippen molar-refractivity contribution in [1.82, 2.24) is 14.5 Å². The van der Waals surface area contributed by atoms with Gasteiger partial charge in [-0.1, -0.05) is 53.0 Å². The minimum absolute atomic E-state index is 0.218. The van der Waals surface area contributed by atoms with Crippen LogP contribution in [0.5, 0.6) is 0 Å². The van der Waals surface area contributed by atoms with E-state index in [9.17, 15) is 14.4 Å². The maximum Gasteiger partial charge on any atom is 0.263 e. The van der Waals surface area contributed by atoms with Gasteiger partial charge in [-0.15, -0.1) is 0 Å². The van der Waals surface area contributed by atoms with Crippen LogP contribution >= 0.6 is 23.2 Å². The molecule has 0 saturated carbocycles. The lowest BCUT2D eigenvalue weighted by atomic mass is 10.1. The SMILES string of the molecule is Cc1cccc(C(=O)n2c(CCCN3C(=O)c4ccccc4C3=O)nc3cc(Cl)c(Cl)cc32)c1. The second-order valence-electron chi connectivity index (χ2n) is 8.20. The minimum Gasteiger partial charge on any atom is -0.274 e. The fraction of sp³-hybridized carbons (Fsp3) is 0.154. The van der Waals surface area contributed by atoms with Gasteiger partial charge < -0.3 is 0 Å². The van der Waals surface area contributed by atoms with Crippen LogP contribution in [0, 0.1) is 6.92 Å². The Morgan fingerprint density at radius 2 is 1.59 bits per heavy atom. The Kier molecular flexibility index (Phi) is 5.71. The molecule has 0 bridgehead atoms. The number of imidazole rings is 1. The number of benzene rings is 3. The summed E-state index contributed by atoms with van der Waals surface area (Å²) in [5, 5.41) is 0.671. The van der Waals surface area contributed by atoms with Gasteiger partial charge in [-0.2, -0.15) is 0 Å². The zero-order valence-corrected chi connectivity index (χ0v) is 19.7. The Hall–Kier alpha value is -3.48. The highest BCUT2D eigenvalue weighted by Gasteiger charge is 2.34. The number of aromatic nitrogens is 2. The second-order valence-corrected chi connectivity index (χ2v) is 9.02. The number of halogens is 2. The first-order valence-electron chi connectivity index (χ1n) is 10.8. The van der Waals surface area contributed by atoms with Crippen molar-refractivity contribution in [2.45, 2.75) is 19.8 Å². The van der Waals surface area contributed by atoms with Gasteiger partial charge in [0, 0.05) is 18.5 Å². The van der Waals surface area contributed by atoms with Crippen molar-refractivity contribution in [1.29, 1.82) is 0 Å². The maximum atomic E-state index is 13.5. The molecule has 0 radical (unpaired) electrons. The quantitative estimate of drug-likeness (QED) is 0.342. The predicted molar refractivity (Wildman–Crippen MR) is 131 cm³/mol. The van der Waals surface area contributed by atoms with E-state index in [4.69, 9.17) is 23.2 Å². The van der Waals surface area contributed by atoms with Crippen LogP contribution < -0.4 is 0 Å². The molecule has 0 saturated heterocycles. The Morgan fingerprint density at radius 3 is 2.26 bits per heavy atom. The van der Waals surface area contributed by atoms with Crippen LogP contribution in [0.15, 0.2) is 60.7 Å². The van der Waals surface area contributed by atoms with E-state index in [1.807, 2.05) is 25.1 Å². The molecule has 1 aliphatic rings. The molecular formula is C26H19Cl2N3O3. The number of rotatable bonds is 5. The van der Waals surface area contributed by atoms with Gasteiger partial charge in [-0.05, 0) is 49.7 Å². The number of amides is 2. The molecule has 0 unspecified atom stereocenters. The fourth-order valence-electron chi connectivity index (χ4n) is 4.26. The van der Waals surface area contributed by atoms with E-state index in [0.717, 1.165) is 5.56 Å². The van der Waals surface area contributed by atoms with Gasteiger partial charge in [0.2, 0.25) is 0 Å². The summed E-state index contributed by atoms with van der Waals surface area (Å²) < 4.78 is 1.54. The van der Waals surface area contributed by atoms with Crippen LogP contribution in [0.3, 0.4) is 0 Å². The van der Waals surface area contributed by atoms with Gasteiger partial charge in [0.15, 0.2) is 0 Å². The van der Waals surface area contributed by atoms with Crippen LogP contribution in [0.2, 0.25) is 10.0 Å². The first-order chi connectivity index (χ1) is 16.3. The number of nitrogens with zero attached hydrogens (tertiary/aromatic N) is 3. The molecule has 1 aliphatic heterocycles. The van der Waals surface area contributed by atoms with Crippen molar-refractivity contribution in [2.24, 2.45) is 0 Å². The maximum absolute atomic E-state index is 13.5. The summed E-state index contributed by atoms with van der Waals surface area (Å²) in [4.78, 5) is 44.7. The minimum atomic E-state index is -0.302. The summed E-state index contributed by atoms with van der Waals surface area (Å²) in [5.74, 6) is -0.330. The number of hydrogen-bond acceptors (Lipinski definition) is 4. The second kappa shape index (κ2) is 8.70. The van der Waals surface area contributed by atoms with E-state index in [0.29, 0.717) is 56.4 Å². The van der Waals surface area contributed by atoms with Gasteiger partial charge in [0.25, 0.3) is 17.7 Å². The summed E-state index contributed by atoms with van der Waals surface area (Å²) in [6.07, 6.45) is 0.812. The zero-order valence-electron chi connectivity index (χ0n) is 18.2. The van der Waals surface area contributed by atoms with Crippen LogP contribution in [0.4, 0.5) is 0 Å². The number of imide groups is 1. The molecule has 0 N–H and O–H groups in total. The molecule has 34 heavy (non-hydrogen) atoms. The molecular weight excluding hydrogens is 473 g/mol. The summed E-state index contributed by atoms with van der Waals surface area (Å²) in [7, 11) is 0. The smallest absolute Gasteiger partial charge is 0.263 e. The molecule has 2 amide bonds. The average molecular weight is 492 g/mol. The number of fused-ring (bicyclic) bond motifs is 2. The normalized spacial score (nSPS) is 13.1. The Morgan fingerprint density at radius 1 is 0.912 bits per heavy atom. The molecule has 0 atom stereocenters. The van der Waals surface area contributed by atoms with Crippen LogP contribution in [-0.2, 0) is 6.42 Å². The van der Waals surface area contributed by atoms with Crippen LogP contribution in [-0.4, -0.2) is 38.7 Å². The topological polar surface area (TPSA) is 72.3 Å². The molecule has 0 fully saturated rings. The summed E-state index contributed by atoms with van der Waals surface area (Å²) in [5.41, 5.74) is 3.41. The van der Waals surface area contributed by atoms with E-state index < -0.39 is 0 Å². The lowest BCUT2D eigenvalue weighted by Crippen LogP contribution is -2.31. The zero-order chi connectivity index (χ0) is 24.0. The number of aryl methyl sites for hydroxylation is 2. The third-order valence-corrected chi connectivity index (χ3v) is 6.62. The van der Waals surface area contributed by atoms with Gasteiger partial charge in [-0.3, -0.25) is 23.9 Å². The van der Waals surface area contributed by atoms with Crippen molar-refractivity contribution in [2.75, 3.05) is 6.54 Å². The van der Waals surface area contributed by atoms with Gasteiger partial charge >= 0.3 is 0 Å². The lowest BCUT2D eigenvalue weighted by molar-refractivity contribution is 0.0651. The van der Waals surface area contributed by atoms with E-state index in [1.165, 1.54) is 9.47 Å². The third-order valence-electron chi connectivity index (χ3n) is 5.89. The third kappa shape index (κ3) is 3.79. The van der Waals surface area contributed by atoms with E-state index in [1.54, 1.807) is 42.5 Å². The highest BCUT2D eigenvalue weighted by molar-refractivity contribution is 6.42. The molecule has 0 aliphatic carbocycles. The Balaban J connectivity index is 1.45. The van der Waals surface area contributed by atoms with Gasteiger partial charge in [-0.25, -0.2) is 4.98 Å². The molecule has 5 rings (SSSR count). The Bertz CT molecular complexity index is 1460. The van der Waals surface area contributed by atoms with E-state index >= 15 is 0 Å². The van der Waals surface area contributed by atoms with E-state index in [2.05, 4.69) is 4.98 Å². The highest BCUT2D eigenvalue weighted by Crippen LogP contribution is 2.30. The molecule has 4 aromatic rings. The lowest BCUT2D eigenvalue weighted by Gasteiger charge is -2.14. The van der Waals surface area contributed by atoms with E-state index in [-0.39, 0.29) is 24.3 Å². The van der Waals surface area contributed by atoms with Crippen molar-refractivity contribution in [3.8, 4) is 0 Å². The fourth-order valence-corrected chi connectivity index (χ4v) is 4.58. The molecule has 3 aromatic carbocycles. The summed E-state index contributed by atoms with van der Waals surface area (Å²) in [6.45, 7) is 2.14. The monoisotopic (exact) mass is 491 g/mol. The van der Waals surface area contributed by atoms with Gasteiger partial charge in [0.05, 0.1) is 32.2 Å². The van der Waals surface area contributed by atoms with Crippen LogP contribution in [0.1, 0.15) is 48.9 Å². The van der Waals surface area contributed by atoms with Gasteiger partial charge in [0.1, 0.15) is 5.82 Å². The molecule has 1 aromatic heterocycles. The molecule has 170 valence electrons. The highest BCUT2D eigenvalue weighted by atomic mass is 35.5. The number of hydrogen-bond donors (Lipinski definition) is 0. The summed E-state index contributed by atoms with van der Waals surface area (Å²) in [6, 6.07) is 17.4. The number of carbonyl (C=O) groups is 3. The Labute approximate surface area is 205 Å². The van der Waals surface area contributed by atoms with Crippen molar-refractivity contribution in [3.05, 3.63) is 98.8 Å². The largest absolute Gasteiger partial charge is 0.274 e. The average Bonchev–Trinajstić information content (AvgIpc) is 3.28. The molecule has 0 spiro atoms. The molecule has 2 heterocycles. The van der Waals surface area contributed by atoms with Crippen molar-refractivity contribution in [3.63, 3.8) is 0 Å². The van der Waals surface area contributed by atoms with Crippen molar-refractivity contribution >= 4 is 52.0 Å². The summed E-state index contributed by atoms with van der Waals surface area (Å²) >= 11 is 12.4. The van der Waals surface area contributed by atoms with Crippen LogP contribution in [0.25, 0.3) is 11.0 Å². The number of carbonyl (C=O) groups excluding carboxylic acids is 3. The molecule has 6 nitrogen and oxygen atoms in total.